The first-order valence-electron chi connectivity index (χ1n) is 4.69. The lowest BCUT2D eigenvalue weighted by atomic mass is 9.93. The Morgan fingerprint density at radius 3 is 3.07 bits per heavy atom. The van der Waals surface area contributed by atoms with Crippen molar-refractivity contribution in [2.24, 2.45) is 0 Å². The molecule has 0 saturated heterocycles. The van der Waals surface area contributed by atoms with Gasteiger partial charge in [-0.25, -0.2) is 0 Å². The van der Waals surface area contributed by atoms with Crippen molar-refractivity contribution >= 4 is 6.29 Å². The Hall–Kier alpha value is -1.35. The Kier molecular flexibility index (Phi) is 2.25. The van der Waals surface area contributed by atoms with E-state index in [2.05, 4.69) is 0 Å². The average molecular weight is 191 g/mol. The standard InChI is InChI=1S/C11H13NO2/c1-12-5-4-8-2-3-9(14)6-10(8)11(12)7-13/h2-3,6-7,11,14H,4-5H2,1H3. The van der Waals surface area contributed by atoms with Crippen LogP contribution in [0, 0.1) is 0 Å². The van der Waals surface area contributed by atoms with Crippen molar-refractivity contribution in [2.75, 3.05) is 13.6 Å². The minimum atomic E-state index is -0.203. The number of carbonyl (C=O) groups is 1. The zero-order chi connectivity index (χ0) is 10.1. The summed E-state index contributed by atoms with van der Waals surface area (Å²) >= 11 is 0. The zero-order valence-corrected chi connectivity index (χ0v) is 8.10. The summed E-state index contributed by atoms with van der Waals surface area (Å²) in [6.45, 7) is 0.890. The molecule has 1 aliphatic heterocycles. The van der Waals surface area contributed by atoms with Gasteiger partial charge in [-0.1, -0.05) is 6.07 Å². The first kappa shape index (κ1) is 9.21. The molecular formula is C11H13NO2. The van der Waals surface area contributed by atoms with Crippen molar-refractivity contribution < 1.29 is 9.90 Å². The minimum Gasteiger partial charge on any atom is -0.508 e. The van der Waals surface area contributed by atoms with Gasteiger partial charge in [0.1, 0.15) is 12.0 Å². The number of hydrogen-bond acceptors (Lipinski definition) is 3. The summed E-state index contributed by atoms with van der Waals surface area (Å²) in [7, 11) is 1.92. The average Bonchev–Trinajstić information content (AvgIpc) is 2.17. The van der Waals surface area contributed by atoms with Gasteiger partial charge in [0.15, 0.2) is 0 Å². The van der Waals surface area contributed by atoms with Crippen molar-refractivity contribution in [2.45, 2.75) is 12.5 Å². The Morgan fingerprint density at radius 2 is 2.36 bits per heavy atom. The predicted molar refractivity (Wildman–Crippen MR) is 53.2 cm³/mol. The van der Waals surface area contributed by atoms with Crippen LogP contribution in [-0.2, 0) is 11.2 Å². The van der Waals surface area contributed by atoms with Crippen LogP contribution in [0.5, 0.6) is 5.75 Å². The molecule has 0 radical (unpaired) electrons. The van der Waals surface area contributed by atoms with E-state index in [0.29, 0.717) is 0 Å². The molecule has 0 aliphatic carbocycles. The van der Waals surface area contributed by atoms with Gasteiger partial charge in [0, 0.05) is 6.54 Å². The van der Waals surface area contributed by atoms with Gasteiger partial charge in [0.05, 0.1) is 6.04 Å². The highest BCUT2D eigenvalue weighted by Gasteiger charge is 2.24. The van der Waals surface area contributed by atoms with Crippen LogP contribution >= 0.6 is 0 Å². The maximum absolute atomic E-state index is 10.9. The van der Waals surface area contributed by atoms with E-state index in [4.69, 9.17) is 0 Å². The van der Waals surface area contributed by atoms with Crippen LogP contribution in [0.3, 0.4) is 0 Å². The van der Waals surface area contributed by atoms with Gasteiger partial charge in [0.2, 0.25) is 0 Å². The summed E-state index contributed by atoms with van der Waals surface area (Å²) in [4.78, 5) is 12.9. The van der Waals surface area contributed by atoms with E-state index in [1.165, 1.54) is 0 Å². The lowest BCUT2D eigenvalue weighted by Crippen LogP contribution is -2.32. The normalized spacial score (nSPS) is 21.6. The Labute approximate surface area is 83.0 Å². The van der Waals surface area contributed by atoms with Crippen molar-refractivity contribution in [3.8, 4) is 5.75 Å². The molecule has 0 fully saturated rings. The fourth-order valence-corrected chi connectivity index (χ4v) is 1.94. The fourth-order valence-electron chi connectivity index (χ4n) is 1.94. The highest BCUT2D eigenvalue weighted by atomic mass is 16.3. The van der Waals surface area contributed by atoms with Gasteiger partial charge in [-0.05, 0) is 36.7 Å². The molecular weight excluding hydrogens is 178 g/mol. The van der Waals surface area contributed by atoms with Crippen molar-refractivity contribution in [3.63, 3.8) is 0 Å². The van der Waals surface area contributed by atoms with Crippen LogP contribution in [0.4, 0.5) is 0 Å². The Balaban J connectivity index is 2.48. The first-order chi connectivity index (χ1) is 6.72. The number of fused-ring (bicyclic) bond motifs is 1. The molecule has 1 unspecified atom stereocenters. The van der Waals surface area contributed by atoms with Gasteiger partial charge >= 0.3 is 0 Å². The summed E-state index contributed by atoms with van der Waals surface area (Å²) in [5, 5.41) is 9.35. The molecule has 14 heavy (non-hydrogen) atoms. The SMILES string of the molecule is CN1CCc2ccc(O)cc2C1C=O. The second kappa shape index (κ2) is 3.42. The highest BCUT2D eigenvalue weighted by Crippen LogP contribution is 2.29. The maximum Gasteiger partial charge on any atom is 0.141 e. The zero-order valence-electron chi connectivity index (χ0n) is 8.10. The van der Waals surface area contributed by atoms with E-state index in [9.17, 15) is 9.90 Å². The van der Waals surface area contributed by atoms with Gasteiger partial charge in [0.25, 0.3) is 0 Å². The predicted octanol–water partition coefficient (Wildman–Crippen LogP) is 1.12. The summed E-state index contributed by atoms with van der Waals surface area (Å²) in [6.07, 6.45) is 1.87. The van der Waals surface area contributed by atoms with E-state index in [0.717, 1.165) is 30.4 Å². The van der Waals surface area contributed by atoms with E-state index in [-0.39, 0.29) is 11.8 Å². The van der Waals surface area contributed by atoms with Crippen molar-refractivity contribution in [1.29, 1.82) is 0 Å². The lowest BCUT2D eigenvalue weighted by Gasteiger charge is -2.30. The van der Waals surface area contributed by atoms with Gasteiger partial charge in [-0.2, -0.15) is 0 Å². The van der Waals surface area contributed by atoms with Crippen LogP contribution in [0.2, 0.25) is 0 Å². The van der Waals surface area contributed by atoms with E-state index in [1.807, 2.05) is 18.0 Å². The fraction of sp³-hybridized carbons (Fsp3) is 0.364. The number of carbonyl (C=O) groups excluding carboxylic acids is 1. The summed E-state index contributed by atoms with van der Waals surface area (Å²) in [5.41, 5.74) is 2.10. The smallest absolute Gasteiger partial charge is 0.141 e. The molecule has 1 heterocycles. The topological polar surface area (TPSA) is 40.5 Å². The second-order valence-corrected chi connectivity index (χ2v) is 3.69. The van der Waals surface area contributed by atoms with E-state index in [1.54, 1.807) is 12.1 Å². The van der Waals surface area contributed by atoms with Crippen LogP contribution < -0.4 is 0 Å². The number of nitrogens with zero attached hydrogens (tertiary/aromatic N) is 1. The highest BCUT2D eigenvalue weighted by molar-refractivity contribution is 5.64. The Morgan fingerprint density at radius 1 is 1.57 bits per heavy atom. The largest absolute Gasteiger partial charge is 0.508 e. The third-order valence-corrected chi connectivity index (χ3v) is 2.79. The van der Waals surface area contributed by atoms with Crippen molar-refractivity contribution in [1.82, 2.24) is 4.90 Å². The summed E-state index contributed by atoms with van der Waals surface area (Å²) in [6, 6.07) is 5.05. The molecule has 1 aliphatic rings. The van der Waals surface area contributed by atoms with Gasteiger partial charge in [-0.3, -0.25) is 4.90 Å². The summed E-state index contributed by atoms with van der Waals surface area (Å²) < 4.78 is 0. The maximum atomic E-state index is 10.9. The van der Waals surface area contributed by atoms with Crippen molar-refractivity contribution in [3.05, 3.63) is 29.3 Å². The quantitative estimate of drug-likeness (QED) is 0.676. The summed E-state index contributed by atoms with van der Waals surface area (Å²) in [5.74, 6) is 0.228. The molecule has 0 aromatic heterocycles. The number of aromatic hydroxyl groups is 1. The lowest BCUT2D eigenvalue weighted by molar-refractivity contribution is -0.112. The third kappa shape index (κ3) is 1.40. The number of hydrogen-bond donors (Lipinski definition) is 1. The van der Waals surface area contributed by atoms with Crippen LogP contribution in [0.25, 0.3) is 0 Å². The molecule has 1 aromatic carbocycles. The van der Waals surface area contributed by atoms with Crippen LogP contribution in [-0.4, -0.2) is 29.9 Å². The van der Waals surface area contributed by atoms with E-state index >= 15 is 0 Å². The molecule has 0 bridgehead atoms. The number of likely N-dealkylation sites (N-methyl/N-ethyl adjacent to an activating group) is 1. The monoisotopic (exact) mass is 191 g/mol. The number of phenols is 1. The Bertz CT molecular complexity index is 362. The van der Waals surface area contributed by atoms with Gasteiger partial charge < -0.3 is 9.90 Å². The minimum absolute atomic E-state index is 0.203. The molecule has 0 spiro atoms. The second-order valence-electron chi connectivity index (χ2n) is 3.69. The first-order valence-corrected chi connectivity index (χ1v) is 4.69. The molecule has 2 rings (SSSR count). The van der Waals surface area contributed by atoms with E-state index < -0.39 is 0 Å². The number of aldehydes is 1. The molecule has 1 aromatic rings. The third-order valence-electron chi connectivity index (χ3n) is 2.79. The molecule has 0 amide bonds. The molecule has 3 heteroatoms. The molecule has 1 atom stereocenters. The van der Waals surface area contributed by atoms with Crippen LogP contribution in [0.15, 0.2) is 18.2 Å². The number of phenolic OH excluding ortho intramolecular Hbond substituents is 1. The number of benzene rings is 1. The number of rotatable bonds is 1. The molecule has 3 nitrogen and oxygen atoms in total. The van der Waals surface area contributed by atoms with Gasteiger partial charge in [-0.15, -0.1) is 0 Å². The molecule has 74 valence electrons. The van der Waals surface area contributed by atoms with Crippen LogP contribution in [0.1, 0.15) is 17.2 Å². The molecule has 1 N–H and O–H groups in total. The molecule has 0 saturated carbocycles.